The molecule has 0 aliphatic rings. The molecule has 0 aromatic carbocycles. The van der Waals surface area contributed by atoms with Gasteiger partial charge in [0.25, 0.3) is 0 Å². The maximum atomic E-state index is 11.0. The number of furan rings is 1. The molecule has 19 heavy (non-hydrogen) atoms. The van der Waals surface area contributed by atoms with E-state index < -0.39 is 5.97 Å². The number of nitrogens with zero attached hydrogens (tertiary/aromatic N) is 2. The average molecular weight is 281 g/mol. The number of halogens is 1. The summed E-state index contributed by atoms with van der Waals surface area (Å²) in [5, 5.41) is 9.14. The molecule has 2 aromatic heterocycles. The van der Waals surface area contributed by atoms with Crippen molar-refractivity contribution >= 4 is 23.4 Å². The van der Waals surface area contributed by atoms with E-state index in [4.69, 9.17) is 21.1 Å². The van der Waals surface area contributed by atoms with Crippen molar-refractivity contribution in [2.45, 2.75) is 13.5 Å². The summed E-state index contributed by atoms with van der Waals surface area (Å²) in [6.45, 7) is 2.32. The van der Waals surface area contributed by atoms with Crippen LogP contribution in [0.1, 0.15) is 21.9 Å². The molecular formula is C13H13ClN2O3. The minimum atomic E-state index is -1.07. The number of carboxylic acid groups (broad SMARTS) is 1. The van der Waals surface area contributed by atoms with Crippen molar-refractivity contribution in [3.05, 3.63) is 46.5 Å². The van der Waals surface area contributed by atoms with Crippen LogP contribution in [0.5, 0.6) is 0 Å². The van der Waals surface area contributed by atoms with Gasteiger partial charge in [-0.05, 0) is 25.1 Å². The molecule has 2 rings (SSSR count). The Kier molecular flexibility index (Phi) is 3.76. The van der Waals surface area contributed by atoms with Crippen LogP contribution >= 0.6 is 11.6 Å². The monoisotopic (exact) mass is 280 g/mol. The van der Waals surface area contributed by atoms with Crippen molar-refractivity contribution in [2.75, 3.05) is 11.9 Å². The lowest BCUT2D eigenvalue weighted by molar-refractivity contribution is 0.0697. The number of aromatic carboxylic acids is 1. The van der Waals surface area contributed by atoms with E-state index in [1.54, 1.807) is 11.9 Å². The zero-order valence-electron chi connectivity index (χ0n) is 10.6. The van der Waals surface area contributed by atoms with Crippen molar-refractivity contribution in [1.82, 2.24) is 4.98 Å². The fraction of sp³-hybridized carbons (Fsp3) is 0.231. The van der Waals surface area contributed by atoms with Crippen molar-refractivity contribution in [3.63, 3.8) is 0 Å². The predicted octanol–water partition coefficient (Wildman–Crippen LogP) is 2.97. The lowest BCUT2D eigenvalue weighted by Gasteiger charge is -2.18. The van der Waals surface area contributed by atoms with Crippen LogP contribution in [0.3, 0.4) is 0 Å². The van der Waals surface area contributed by atoms with Crippen LogP contribution in [0.25, 0.3) is 0 Å². The Labute approximate surface area is 115 Å². The van der Waals surface area contributed by atoms with Crippen molar-refractivity contribution in [2.24, 2.45) is 0 Å². The Balaban J connectivity index is 2.26. The highest BCUT2D eigenvalue weighted by Crippen LogP contribution is 2.27. The third kappa shape index (κ3) is 2.88. The Morgan fingerprint density at radius 1 is 1.47 bits per heavy atom. The molecule has 0 spiro atoms. The summed E-state index contributed by atoms with van der Waals surface area (Å²) < 4.78 is 5.46. The van der Waals surface area contributed by atoms with E-state index in [-0.39, 0.29) is 10.6 Å². The SMILES string of the molecule is Cc1ccc(CN(C)c2nccc(C(=O)O)c2Cl)o1. The smallest absolute Gasteiger partial charge is 0.337 e. The molecule has 0 atom stereocenters. The topological polar surface area (TPSA) is 66.6 Å². The molecule has 0 bridgehead atoms. The zero-order valence-corrected chi connectivity index (χ0v) is 11.3. The molecule has 100 valence electrons. The molecule has 6 heteroatoms. The Bertz CT molecular complexity index is 610. The summed E-state index contributed by atoms with van der Waals surface area (Å²) in [7, 11) is 1.78. The number of anilines is 1. The van der Waals surface area contributed by atoms with Gasteiger partial charge in [-0.15, -0.1) is 0 Å². The van der Waals surface area contributed by atoms with E-state index >= 15 is 0 Å². The van der Waals surface area contributed by atoms with Gasteiger partial charge in [0, 0.05) is 13.2 Å². The molecule has 2 heterocycles. The molecule has 0 aliphatic heterocycles. The molecule has 1 N–H and O–H groups in total. The molecule has 0 fully saturated rings. The number of carboxylic acids is 1. The number of carbonyl (C=O) groups is 1. The summed E-state index contributed by atoms with van der Waals surface area (Å²) in [6, 6.07) is 5.10. The number of hydrogen-bond donors (Lipinski definition) is 1. The lowest BCUT2D eigenvalue weighted by Crippen LogP contribution is -2.18. The van der Waals surface area contributed by atoms with Gasteiger partial charge in [-0.1, -0.05) is 11.6 Å². The molecule has 0 unspecified atom stereocenters. The molecule has 2 aromatic rings. The first-order valence-electron chi connectivity index (χ1n) is 5.63. The Hall–Kier alpha value is -2.01. The summed E-state index contributed by atoms with van der Waals surface area (Å²) in [6.07, 6.45) is 1.43. The predicted molar refractivity (Wildman–Crippen MR) is 71.8 cm³/mol. The number of hydrogen-bond acceptors (Lipinski definition) is 4. The zero-order chi connectivity index (χ0) is 14.0. The maximum Gasteiger partial charge on any atom is 0.337 e. The van der Waals surface area contributed by atoms with Crippen LogP contribution in [-0.2, 0) is 6.54 Å². The standard InChI is InChI=1S/C13H13ClN2O3/c1-8-3-4-9(19-8)7-16(2)12-11(14)10(13(17)18)5-6-15-12/h3-6H,7H2,1-2H3,(H,17,18). The van der Waals surface area contributed by atoms with Crippen LogP contribution in [0, 0.1) is 6.92 Å². The van der Waals surface area contributed by atoms with Crippen LogP contribution in [-0.4, -0.2) is 23.1 Å². The highest BCUT2D eigenvalue weighted by Gasteiger charge is 2.16. The first-order chi connectivity index (χ1) is 8.99. The van der Waals surface area contributed by atoms with Gasteiger partial charge in [0.15, 0.2) is 0 Å². The second kappa shape index (κ2) is 5.32. The first kappa shape index (κ1) is 13.4. The van der Waals surface area contributed by atoms with E-state index in [0.29, 0.717) is 12.4 Å². The fourth-order valence-corrected chi connectivity index (χ4v) is 2.08. The van der Waals surface area contributed by atoms with Gasteiger partial charge in [0.2, 0.25) is 0 Å². The van der Waals surface area contributed by atoms with E-state index in [1.807, 2.05) is 19.1 Å². The highest BCUT2D eigenvalue weighted by atomic mass is 35.5. The van der Waals surface area contributed by atoms with E-state index in [0.717, 1.165) is 11.5 Å². The van der Waals surface area contributed by atoms with Gasteiger partial charge in [-0.3, -0.25) is 0 Å². The minimum Gasteiger partial charge on any atom is -0.478 e. The largest absolute Gasteiger partial charge is 0.478 e. The molecule has 0 radical (unpaired) electrons. The van der Waals surface area contributed by atoms with Crippen LogP contribution in [0.4, 0.5) is 5.82 Å². The minimum absolute atomic E-state index is 0.0362. The number of rotatable bonds is 4. The van der Waals surface area contributed by atoms with Gasteiger partial charge < -0.3 is 14.4 Å². The van der Waals surface area contributed by atoms with Gasteiger partial charge in [-0.25, -0.2) is 9.78 Å². The summed E-state index contributed by atoms with van der Waals surface area (Å²) in [5.41, 5.74) is 0.0362. The number of aryl methyl sites for hydroxylation is 1. The Morgan fingerprint density at radius 2 is 2.21 bits per heavy atom. The van der Waals surface area contributed by atoms with Crippen molar-refractivity contribution in [3.8, 4) is 0 Å². The molecule has 0 amide bonds. The summed E-state index contributed by atoms with van der Waals surface area (Å²) in [4.78, 5) is 16.9. The maximum absolute atomic E-state index is 11.0. The molecule has 0 aliphatic carbocycles. The van der Waals surface area contributed by atoms with E-state index in [9.17, 15) is 4.79 Å². The molecule has 5 nitrogen and oxygen atoms in total. The number of pyridine rings is 1. The van der Waals surface area contributed by atoms with E-state index in [1.165, 1.54) is 12.3 Å². The highest BCUT2D eigenvalue weighted by molar-refractivity contribution is 6.35. The quantitative estimate of drug-likeness (QED) is 0.932. The van der Waals surface area contributed by atoms with Gasteiger partial charge in [-0.2, -0.15) is 0 Å². The van der Waals surface area contributed by atoms with E-state index in [2.05, 4.69) is 4.98 Å². The van der Waals surface area contributed by atoms with Crippen molar-refractivity contribution in [1.29, 1.82) is 0 Å². The second-order valence-corrected chi connectivity index (χ2v) is 4.55. The lowest BCUT2D eigenvalue weighted by atomic mass is 10.2. The van der Waals surface area contributed by atoms with Gasteiger partial charge in [0.05, 0.1) is 17.1 Å². The second-order valence-electron chi connectivity index (χ2n) is 4.17. The molecule has 0 saturated carbocycles. The third-order valence-corrected chi connectivity index (χ3v) is 3.02. The Morgan fingerprint density at radius 3 is 2.79 bits per heavy atom. The van der Waals surface area contributed by atoms with Gasteiger partial charge >= 0.3 is 5.97 Å². The summed E-state index contributed by atoms with van der Waals surface area (Å²) in [5.74, 6) is 0.923. The normalized spacial score (nSPS) is 10.5. The molecule has 0 saturated heterocycles. The van der Waals surface area contributed by atoms with Crippen LogP contribution < -0.4 is 4.90 Å². The van der Waals surface area contributed by atoms with Crippen LogP contribution in [0.2, 0.25) is 5.02 Å². The molecular weight excluding hydrogens is 268 g/mol. The average Bonchev–Trinajstić information content (AvgIpc) is 2.74. The van der Waals surface area contributed by atoms with Crippen molar-refractivity contribution < 1.29 is 14.3 Å². The third-order valence-electron chi connectivity index (χ3n) is 2.65. The van der Waals surface area contributed by atoms with Crippen LogP contribution in [0.15, 0.2) is 28.8 Å². The first-order valence-corrected chi connectivity index (χ1v) is 6.01. The fourth-order valence-electron chi connectivity index (χ4n) is 1.74. The number of aromatic nitrogens is 1. The summed E-state index contributed by atoms with van der Waals surface area (Å²) >= 11 is 6.05. The van der Waals surface area contributed by atoms with Gasteiger partial charge in [0.1, 0.15) is 17.3 Å².